The van der Waals surface area contributed by atoms with Gasteiger partial charge in [-0.1, -0.05) is 19.1 Å². The molecule has 0 aromatic rings. The van der Waals surface area contributed by atoms with Crippen molar-refractivity contribution in [1.82, 2.24) is 0 Å². The first kappa shape index (κ1) is 10.8. The maximum absolute atomic E-state index is 2.22. The first-order valence-corrected chi connectivity index (χ1v) is 4.43. The molecule has 2 rings (SSSR count). The molecule has 0 radical (unpaired) electrons. The molecule has 0 aromatic heterocycles. The monoisotopic (exact) mass is 248 g/mol. The Labute approximate surface area is 101 Å². The minimum Gasteiger partial charge on any atom is -1.00 e. The molecule has 1 heteroatoms. The third kappa shape index (κ3) is 2.34. The summed E-state index contributed by atoms with van der Waals surface area (Å²) in [6, 6.07) is 0. The van der Waals surface area contributed by atoms with E-state index in [1.54, 1.807) is 0 Å². The van der Waals surface area contributed by atoms with Crippen molar-refractivity contribution in [2.75, 3.05) is 0 Å². The maximum Gasteiger partial charge on any atom is 0 e. The Bertz CT molecular complexity index is 267. The molecule has 0 heterocycles. The summed E-state index contributed by atoms with van der Waals surface area (Å²) in [5.41, 5.74) is 2.95. The zero-order valence-electron chi connectivity index (χ0n) is 8.88. The molecule has 0 aliphatic heterocycles. The van der Waals surface area contributed by atoms with Gasteiger partial charge in [-0.15, -0.1) is 23.3 Å². The van der Waals surface area contributed by atoms with Gasteiger partial charge in [0.2, 0.25) is 0 Å². The van der Waals surface area contributed by atoms with Gasteiger partial charge in [0.25, 0.3) is 0 Å². The van der Waals surface area contributed by atoms with Gasteiger partial charge in [-0.3, -0.25) is 0 Å². The molecular formula is C12H14Zr-2. The summed E-state index contributed by atoms with van der Waals surface area (Å²) in [7, 11) is 0. The van der Waals surface area contributed by atoms with Crippen LogP contribution in [0.4, 0.5) is 0 Å². The average Bonchev–Trinajstić information content (AvgIpc) is 2.77. The van der Waals surface area contributed by atoms with E-state index < -0.39 is 0 Å². The largest absolute Gasteiger partial charge is 1.00 e. The second-order valence-corrected chi connectivity index (χ2v) is 3.27. The topological polar surface area (TPSA) is 0 Å². The zero-order chi connectivity index (χ0) is 8.39. The normalized spacial score (nSPS) is 18.2. The van der Waals surface area contributed by atoms with Crippen molar-refractivity contribution < 1.29 is 27.6 Å². The third-order valence-corrected chi connectivity index (χ3v) is 2.51. The van der Waals surface area contributed by atoms with Gasteiger partial charge in [0.05, 0.1) is 0 Å². The van der Waals surface area contributed by atoms with Crippen LogP contribution >= 0.6 is 0 Å². The molecule has 0 bridgehead atoms. The van der Waals surface area contributed by atoms with Gasteiger partial charge in [-0.05, 0) is 12.8 Å². The minimum atomic E-state index is 0. The summed E-state index contributed by atoms with van der Waals surface area (Å²) in [5, 5.41) is 0. The molecule has 0 fully saturated rings. The van der Waals surface area contributed by atoms with Crippen LogP contribution in [-0.4, -0.2) is 0 Å². The van der Waals surface area contributed by atoms with Gasteiger partial charge in [0.15, 0.2) is 0 Å². The standard InChI is InChI=1S/C12H13.Zr.H/c1-10(11-6-2-3-7-11)12-8-4-5-9-12;;/h2-6,8H,7,9H2,1H3;;/q-1;;-1. The van der Waals surface area contributed by atoms with Crippen LogP contribution in [0.15, 0.2) is 47.6 Å². The van der Waals surface area contributed by atoms with Crippen molar-refractivity contribution >= 4 is 0 Å². The molecule has 0 atom stereocenters. The van der Waals surface area contributed by atoms with Crippen molar-refractivity contribution in [3.05, 3.63) is 53.5 Å². The molecule has 0 saturated heterocycles. The first-order valence-electron chi connectivity index (χ1n) is 4.43. The van der Waals surface area contributed by atoms with Crippen molar-refractivity contribution in [1.29, 1.82) is 0 Å². The van der Waals surface area contributed by atoms with E-state index in [9.17, 15) is 0 Å². The Kier molecular flexibility index (Phi) is 4.00. The Morgan fingerprint density at radius 3 is 1.85 bits per heavy atom. The Morgan fingerprint density at radius 2 is 1.54 bits per heavy atom. The van der Waals surface area contributed by atoms with Crippen LogP contribution in [0.2, 0.25) is 0 Å². The summed E-state index contributed by atoms with van der Waals surface area (Å²) in [4.78, 5) is 0. The molecule has 0 nitrogen and oxygen atoms in total. The summed E-state index contributed by atoms with van der Waals surface area (Å²) in [6.07, 6.45) is 15.4. The summed E-state index contributed by atoms with van der Waals surface area (Å²) >= 11 is 0. The van der Waals surface area contributed by atoms with E-state index >= 15 is 0 Å². The Balaban J connectivity index is 0.000000845. The Morgan fingerprint density at radius 1 is 1.08 bits per heavy atom. The molecule has 0 N–H and O–H groups in total. The van der Waals surface area contributed by atoms with Gasteiger partial charge < -0.3 is 1.43 Å². The molecule has 68 valence electrons. The Hall–Kier alpha value is -0.287. The fourth-order valence-electron chi connectivity index (χ4n) is 1.66. The third-order valence-electron chi connectivity index (χ3n) is 2.51. The van der Waals surface area contributed by atoms with Crippen LogP contribution in [0, 0.1) is 5.92 Å². The number of hydrogen-bond acceptors (Lipinski definition) is 0. The second-order valence-electron chi connectivity index (χ2n) is 3.27. The summed E-state index contributed by atoms with van der Waals surface area (Å²) in [5.74, 6) is 1.46. The number of hydrogen-bond donors (Lipinski definition) is 0. The van der Waals surface area contributed by atoms with Gasteiger partial charge in [-0.2, -0.15) is 18.1 Å². The van der Waals surface area contributed by atoms with E-state index in [0.717, 1.165) is 12.8 Å². The summed E-state index contributed by atoms with van der Waals surface area (Å²) < 4.78 is 0. The molecule has 0 aromatic carbocycles. The second kappa shape index (κ2) is 4.81. The van der Waals surface area contributed by atoms with E-state index in [1.807, 2.05) is 0 Å². The molecule has 0 spiro atoms. The van der Waals surface area contributed by atoms with Crippen molar-refractivity contribution in [3.8, 4) is 0 Å². The van der Waals surface area contributed by atoms with Crippen molar-refractivity contribution in [2.24, 2.45) is 0 Å². The van der Waals surface area contributed by atoms with E-state index in [0.29, 0.717) is 0 Å². The molecular weight excluding hydrogens is 235 g/mol. The fraction of sp³-hybridized carbons (Fsp3) is 0.250. The van der Waals surface area contributed by atoms with E-state index in [-0.39, 0.29) is 27.6 Å². The molecule has 2 aliphatic carbocycles. The number of rotatable bonds is 2. The molecule has 0 saturated carbocycles. The minimum absolute atomic E-state index is 0. The molecule has 2 aliphatic rings. The van der Waals surface area contributed by atoms with Crippen LogP contribution in [0.3, 0.4) is 0 Å². The van der Waals surface area contributed by atoms with Crippen LogP contribution < -0.4 is 0 Å². The van der Waals surface area contributed by atoms with E-state index in [1.165, 1.54) is 17.1 Å². The van der Waals surface area contributed by atoms with Crippen molar-refractivity contribution in [2.45, 2.75) is 19.8 Å². The van der Waals surface area contributed by atoms with Crippen LogP contribution in [0.5, 0.6) is 0 Å². The smallest absolute Gasteiger partial charge is 0 e. The quantitative estimate of drug-likeness (QED) is 0.658. The molecule has 13 heavy (non-hydrogen) atoms. The van der Waals surface area contributed by atoms with E-state index in [2.05, 4.69) is 43.4 Å². The van der Waals surface area contributed by atoms with Gasteiger partial charge >= 0.3 is 0 Å². The number of allylic oxidation sites excluding steroid dienone is 8. The SMILES string of the molecule is C[C-](C1=CC=CC1)C1=CC=CC1.[H-].[Zr]. The molecule has 0 unspecified atom stereocenters. The van der Waals surface area contributed by atoms with Crippen LogP contribution in [0.25, 0.3) is 0 Å². The molecule has 0 amide bonds. The van der Waals surface area contributed by atoms with Gasteiger partial charge in [-0.25, -0.2) is 0 Å². The first-order chi connectivity index (χ1) is 5.88. The predicted octanol–water partition coefficient (Wildman–Crippen LogP) is 3.46. The van der Waals surface area contributed by atoms with Crippen LogP contribution in [-0.2, 0) is 26.2 Å². The average molecular weight is 249 g/mol. The van der Waals surface area contributed by atoms with Crippen LogP contribution in [0.1, 0.15) is 21.2 Å². The summed E-state index contributed by atoms with van der Waals surface area (Å²) in [6.45, 7) is 2.22. The van der Waals surface area contributed by atoms with E-state index in [4.69, 9.17) is 0 Å². The van der Waals surface area contributed by atoms with Gasteiger partial charge in [0.1, 0.15) is 0 Å². The van der Waals surface area contributed by atoms with Crippen molar-refractivity contribution in [3.63, 3.8) is 0 Å². The zero-order valence-corrected chi connectivity index (χ0v) is 10.3. The fourth-order valence-corrected chi connectivity index (χ4v) is 1.66. The van der Waals surface area contributed by atoms with Gasteiger partial charge in [0, 0.05) is 26.2 Å². The maximum atomic E-state index is 2.22. The predicted molar refractivity (Wildman–Crippen MR) is 53.7 cm³/mol.